The van der Waals surface area contributed by atoms with Crippen molar-refractivity contribution < 1.29 is 9.59 Å². The maximum atomic E-state index is 12.3. The molecule has 6 heteroatoms. The number of amides is 2. The fourth-order valence-corrected chi connectivity index (χ4v) is 4.08. The van der Waals surface area contributed by atoms with Crippen LogP contribution in [0.25, 0.3) is 0 Å². The molecule has 2 amide bonds. The Labute approximate surface area is 149 Å². The third-order valence-corrected chi connectivity index (χ3v) is 5.64. The molecule has 0 atom stereocenters. The lowest BCUT2D eigenvalue weighted by molar-refractivity contribution is -0.126. The van der Waals surface area contributed by atoms with E-state index >= 15 is 0 Å². The molecule has 2 N–H and O–H groups in total. The minimum absolute atomic E-state index is 0.0912. The van der Waals surface area contributed by atoms with Gasteiger partial charge in [-0.15, -0.1) is 0 Å². The molecule has 0 spiro atoms. The molecule has 25 heavy (non-hydrogen) atoms. The Morgan fingerprint density at radius 3 is 2.40 bits per heavy atom. The molecule has 1 aromatic heterocycles. The van der Waals surface area contributed by atoms with Gasteiger partial charge in [0, 0.05) is 37.7 Å². The van der Waals surface area contributed by atoms with Crippen LogP contribution >= 0.6 is 0 Å². The van der Waals surface area contributed by atoms with E-state index < -0.39 is 0 Å². The summed E-state index contributed by atoms with van der Waals surface area (Å²) in [6, 6.07) is 0.257. The first-order chi connectivity index (χ1) is 12.1. The Morgan fingerprint density at radius 2 is 1.76 bits per heavy atom. The van der Waals surface area contributed by atoms with E-state index in [1.165, 1.54) is 12.8 Å². The third-order valence-electron chi connectivity index (χ3n) is 5.64. The Hall–Kier alpha value is -1.85. The van der Waals surface area contributed by atoms with Gasteiger partial charge in [-0.25, -0.2) is 0 Å². The van der Waals surface area contributed by atoms with E-state index in [1.54, 1.807) is 4.68 Å². The molecule has 0 bridgehead atoms. The predicted molar refractivity (Wildman–Crippen MR) is 95.8 cm³/mol. The van der Waals surface area contributed by atoms with Gasteiger partial charge in [-0.2, -0.15) is 5.10 Å². The number of hydrogen-bond acceptors (Lipinski definition) is 3. The molecule has 0 aliphatic heterocycles. The van der Waals surface area contributed by atoms with Crippen molar-refractivity contribution in [2.45, 2.75) is 63.8 Å². The zero-order valence-corrected chi connectivity index (χ0v) is 15.2. The van der Waals surface area contributed by atoms with E-state index in [0.29, 0.717) is 6.54 Å². The lowest BCUT2D eigenvalue weighted by Gasteiger charge is -2.29. The SMILES string of the molecule is Cn1cc(CCNC(=O)C2CCC(NC(=O)C3CCCC3)CC2)cn1. The molecule has 1 aromatic rings. The average Bonchev–Trinajstić information content (AvgIpc) is 3.27. The first kappa shape index (κ1) is 18.0. The summed E-state index contributed by atoms with van der Waals surface area (Å²) >= 11 is 0. The minimum atomic E-state index is 0.0912. The molecule has 2 aliphatic carbocycles. The number of nitrogens with one attached hydrogen (secondary N) is 2. The molecule has 3 rings (SSSR count). The van der Waals surface area contributed by atoms with Crippen molar-refractivity contribution in [1.29, 1.82) is 0 Å². The van der Waals surface area contributed by atoms with Crippen LogP contribution in [0, 0.1) is 11.8 Å². The fraction of sp³-hybridized carbons (Fsp3) is 0.737. The van der Waals surface area contributed by atoms with Crippen LogP contribution in [0.5, 0.6) is 0 Å². The number of aryl methyl sites for hydroxylation is 1. The van der Waals surface area contributed by atoms with Crippen LogP contribution in [0.4, 0.5) is 0 Å². The molecule has 2 fully saturated rings. The Kier molecular flexibility index (Phi) is 6.10. The van der Waals surface area contributed by atoms with Crippen LogP contribution in [0.3, 0.4) is 0 Å². The summed E-state index contributed by atoms with van der Waals surface area (Å²) in [5.74, 6) is 0.716. The average molecular weight is 346 g/mol. The van der Waals surface area contributed by atoms with Gasteiger partial charge >= 0.3 is 0 Å². The van der Waals surface area contributed by atoms with Crippen LogP contribution in [0.2, 0.25) is 0 Å². The first-order valence-corrected chi connectivity index (χ1v) is 9.67. The number of hydrogen-bond donors (Lipinski definition) is 2. The summed E-state index contributed by atoms with van der Waals surface area (Å²) in [4.78, 5) is 24.5. The van der Waals surface area contributed by atoms with Gasteiger partial charge in [-0.3, -0.25) is 14.3 Å². The molecule has 0 saturated heterocycles. The maximum absolute atomic E-state index is 12.3. The molecule has 0 unspecified atom stereocenters. The highest BCUT2D eigenvalue weighted by Crippen LogP contribution is 2.27. The normalized spacial score (nSPS) is 24.2. The maximum Gasteiger partial charge on any atom is 0.223 e. The molecule has 0 aromatic carbocycles. The zero-order chi connectivity index (χ0) is 17.6. The van der Waals surface area contributed by atoms with E-state index in [9.17, 15) is 9.59 Å². The number of nitrogens with zero attached hydrogens (tertiary/aromatic N) is 2. The zero-order valence-electron chi connectivity index (χ0n) is 15.2. The molecule has 2 saturated carbocycles. The molecular weight excluding hydrogens is 316 g/mol. The Morgan fingerprint density at radius 1 is 1.08 bits per heavy atom. The van der Waals surface area contributed by atoms with E-state index in [4.69, 9.17) is 0 Å². The van der Waals surface area contributed by atoms with E-state index in [-0.39, 0.29) is 29.7 Å². The highest BCUT2D eigenvalue weighted by Gasteiger charge is 2.29. The molecular formula is C19H30N4O2. The van der Waals surface area contributed by atoms with E-state index in [2.05, 4.69) is 15.7 Å². The van der Waals surface area contributed by atoms with E-state index in [1.807, 2.05) is 19.4 Å². The second kappa shape index (κ2) is 8.50. The first-order valence-electron chi connectivity index (χ1n) is 9.67. The monoisotopic (exact) mass is 346 g/mol. The summed E-state index contributed by atoms with van der Waals surface area (Å²) < 4.78 is 1.78. The summed E-state index contributed by atoms with van der Waals surface area (Å²) in [6.45, 7) is 0.656. The fourth-order valence-electron chi connectivity index (χ4n) is 4.08. The van der Waals surface area contributed by atoms with Crippen LogP contribution in [-0.4, -0.2) is 34.2 Å². The van der Waals surface area contributed by atoms with Crippen LogP contribution in [0.1, 0.15) is 56.9 Å². The number of carbonyl (C=O) groups excluding carboxylic acids is 2. The van der Waals surface area contributed by atoms with Gasteiger partial charge in [-0.05, 0) is 50.5 Å². The highest BCUT2D eigenvalue weighted by atomic mass is 16.2. The van der Waals surface area contributed by atoms with Crippen LogP contribution in [0.15, 0.2) is 12.4 Å². The van der Waals surface area contributed by atoms with Gasteiger partial charge in [0.1, 0.15) is 0 Å². The molecule has 6 nitrogen and oxygen atoms in total. The van der Waals surface area contributed by atoms with Crippen molar-refractivity contribution in [1.82, 2.24) is 20.4 Å². The van der Waals surface area contributed by atoms with Crippen molar-refractivity contribution in [3.05, 3.63) is 18.0 Å². The largest absolute Gasteiger partial charge is 0.356 e. The smallest absolute Gasteiger partial charge is 0.223 e. The van der Waals surface area contributed by atoms with Gasteiger partial charge in [0.05, 0.1) is 6.20 Å². The summed E-state index contributed by atoms with van der Waals surface area (Å²) in [5, 5.41) is 10.4. The molecule has 1 heterocycles. The van der Waals surface area contributed by atoms with Crippen molar-refractivity contribution in [3.8, 4) is 0 Å². The highest BCUT2D eigenvalue weighted by molar-refractivity contribution is 5.80. The topological polar surface area (TPSA) is 76.0 Å². The molecule has 0 radical (unpaired) electrons. The summed E-state index contributed by atoms with van der Waals surface area (Å²) in [6.07, 6.45) is 12.7. The van der Waals surface area contributed by atoms with Gasteiger partial charge in [0.2, 0.25) is 11.8 Å². The Bertz CT molecular complexity index is 584. The van der Waals surface area contributed by atoms with Gasteiger partial charge in [-0.1, -0.05) is 12.8 Å². The second-order valence-electron chi connectivity index (χ2n) is 7.60. The third kappa shape index (κ3) is 5.06. The van der Waals surface area contributed by atoms with Crippen molar-refractivity contribution in [3.63, 3.8) is 0 Å². The van der Waals surface area contributed by atoms with Crippen LogP contribution in [-0.2, 0) is 23.1 Å². The lowest BCUT2D eigenvalue weighted by atomic mass is 9.85. The number of carbonyl (C=O) groups is 2. The van der Waals surface area contributed by atoms with Crippen molar-refractivity contribution in [2.24, 2.45) is 18.9 Å². The van der Waals surface area contributed by atoms with Crippen molar-refractivity contribution in [2.75, 3.05) is 6.54 Å². The van der Waals surface area contributed by atoms with E-state index in [0.717, 1.165) is 50.5 Å². The minimum Gasteiger partial charge on any atom is -0.356 e. The summed E-state index contributed by atoms with van der Waals surface area (Å²) in [5.41, 5.74) is 1.14. The van der Waals surface area contributed by atoms with Gasteiger partial charge < -0.3 is 10.6 Å². The van der Waals surface area contributed by atoms with Crippen LogP contribution < -0.4 is 10.6 Å². The predicted octanol–water partition coefficient (Wildman–Crippen LogP) is 1.94. The standard InChI is InChI=1S/C19H30N4O2/c1-23-13-14(12-21-23)10-11-20-18(24)16-6-8-17(9-7-16)22-19(25)15-4-2-3-5-15/h12-13,15-17H,2-11H2,1H3,(H,20,24)(H,22,25). The van der Waals surface area contributed by atoms with Crippen molar-refractivity contribution >= 4 is 11.8 Å². The second-order valence-corrected chi connectivity index (χ2v) is 7.60. The van der Waals surface area contributed by atoms with Gasteiger partial charge in [0.15, 0.2) is 0 Å². The van der Waals surface area contributed by atoms with Gasteiger partial charge in [0.25, 0.3) is 0 Å². The number of aromatic nitrogens is 2. The lowest BCUT2D eigenvalue weighted by Crippen LogP contribution is -2.42. The number of rotatable bonds is 6. The quantitative estimate of drug-likeness (QED) is 0.826. The molecule has 2 aliphatic rings. The Balaban J connectivity index is 1.33. The molecule has 138 valence electrons. The summed E-state index contributed by atoms with van der Waals surface area (Å²) in [7, 11) is 1.89.